The Balaban J connectivity index is 1.82. The first-order chi connectivity index (χ1) is 9.65. The number of aromatic nitrogens is 1. The summed E-state index contributed by atoms with van der Waals surface area (Å²) in [5.74, 6) is -0.422. The Kier molecular flexibility index (Phi) is 5.24. The SMILES string of the molecule is O=C(CCc1cccnc1)NCc1cc(Br)ccc1F. The van der Waals surface area contributed by atoms with Crippen molar-refractivity contribution in [3.05, 3.63) is 64.1 Å². The molecule has 0 aliphatic carbocycles. The molecule has 1 aromatic heterocycles. The second-order valence-electron chi connectivity index (χ2n) is 4.37. The third-order valence-electron chi connectivity index (χ3n) is 2.85. The summed E-state index contributed by atoms with van der Waals surface area (Å²) < 4.78 is 14.3. The number of hydrogen-bond donors (Lipinski definition) is 1. The molecule has 0 atom stereocenters. The van der Waals surface area contributed by atoms with Crippen LogP contribution in [0.25, 0.3) is 0 Å². The minimum Gasteiger partial charge on any atom is -0.352 e. The summed E-state index contributed by atoms with van der Waals surface area (Å²) >= 11 is 3.28. The predicted octanol–water partition coefficient (Wildman–Crippen LogP) is 3.23. The number of rotatable bonds is 5. The van der Waals surface area contributed by atoms with Gasteiger partial charge < -0.3 is 5.32 Å². The first-order valence-electron chi connectivity index (χ1n) is 6.24. The lowest BCUT2D eigenvalue weighted by Crippen LogP contribution is -2.23. The number of carbonyl (C=O) groups is 1. The topological polar surface area (TPSA) is 42.0 Å². The van der Waals surface area contributed by atoms with Crippen molar-refractivity contribution in [2.24, 2.45) is 0 Å². The molecule has 104 valence electrons. The highest BCUT2D eigenvalue weighted by atomic mass is 79.9. The molecule has 5 heteroatoms. The number of carbonyl (C=O) groups excluding carboxylic acids is 1. The van der Waals surface area contributed by atoms with Crippen molar-refractivity contribution in [1.82, 2.24) is 10.3 Å². The smallest absolute Gasteiger partial charge is 0.220 e. The van der Waals surface area contributed by atoms with Crippen molar-refractivity contribution in [3.63, 3.8) is 0 Å². The van der Waals surface area contributed by atoms with Crippen molar-refractivity contribution >= 4 is 21.8 Å². The Hall–Kier alpha value is -1.75. The molecule has 1 aromatic carbocycles. The van der Waals surface area contributed by atoms with E-state index >= 15 is 0 Å². The lowest BCUT2D eigenvalue weighted by Gasteiger charge is -2.07. The summed E-state index contributed by atoms with van der Waals surface area (Å²) in [5.41, 5.74) is 1.48. The molecule has 2 rings (SSSR count). The predicted molar refractivity (Wildman–Crippen MR) is 78.5 cm³/mol. The van der Waals surface area contributed by atoms with E-state index in [4.69, 9.17) is 0 Å². The lowest BCUT2D eigenvalue weighted by atomic mass is 10.1. The van der Waals surface area contributed by atoms with Crippen molar-refractivity contribution in [3.8, 4) is 0 Å². The molecule has 1 N–H and O–H groups in total. The summed E-state index contributed by atoms with van der Waals surface area (Å²) in [4.78, 5) is 15.7. The average molecular weight is 337 g/mol. The van der Waals surface area contributed by atoms with Crippen LogP contribution in [0.5, 0.6) is 0 Å². The molecular formula is C15H14BrFN2O. The van der Waals surface area contributed by atoms with E-state index in [9.17, 15) is 9.18 Å². The maximum atomic E-state index is 13.5. The van der Waals surface area contributed by atoms with Gasteiger partial charge in [0.05, 0.1) is 0 Å². The standard InChI is InChI=1S/C15H14BrFN2O/c16-13-4-5-14(17)12(8-13)10-19-15(20)6-3-11-2-1-7-18-9-11/h1-2,4-5,7-9H,3,6,10H2,(H,19,20). The Labute approximate surface area is 125 Å². The molecule has 0 aliphatic heterocycles. The van der Waals surface area contributed by atoms with Gasteiger partial charge in [0.1, 0.15) is 5.82 Å². The first-order valence-corrected chi connectivity index (χ1v) is 7.04. The maximum absolute atomic E-state index is 13.5. The van der Waals surface area contributed by atoms with Crippen LogP contribution in [0, 0.1) is 5.82 Å². The van der Waals surface area contributed by atoms with E-state index in [1.807, 2.05) is 12.1 Å². The Morgan fingerprint density at radius 2 is 2.20 bits per heavy atom. The van der Waals surface area contributed by atoms with Crippen LogP contribution in [0.1, 0.15) is 17.5 Å². The van der Waals surface area contributed by atoms with Crippen LogP contribution in [-0.2, 0) is 17.8 Å². The third kappa shape index (κ3) is 4.42. The number of hydrogen-bond acceptors (Lipinski definition) is 2. The molecule has 0 aliphatic rings. The molecule has 1 amide bonds. The minimum absolute atomic E-state index is 0.103. The summed E-state index contributed by atoms with van der Waals surface area (Å²) in [6.07, 6.45) is 4.42. The normalized spacial score (nSPS) is 10.3. The van der Waals surface area contributed by atoms with Crippen molar-refractivity contribution < 1.29 is 9.18 Å². The molecule has 1 heterocycles. The first kappa shape index (κ1) is 14.7. The molecule has 20 heavy (non-hydrogen) atoms. The van der Waals surface area contributed by atoms with Gasteiger partial charge in [-0.3, -0.25) is 9.78 Å². The monoisotopic (exact) mass is 336 g/mol. The van der Waals surface area contributed by atoms with E-state index in [1.165, 1.54) is 6.07 Å². The van der Waals surface area contributed by atoms with Crippen LogP contribution >= 0.6 is 15.9 Å². The number of nitrogens with zero attached hydrogens (tertiary/aromatic N) is 1. The van der Waals surface area contributed by atoms with Gasteiger partial charge in [-0.15, -0.1) is 0 Å². The lowest BCUT2D eigenvalue weighted by molar-refractivity contribution is -0.121. The van der Waals surface area contributed by atoms with Crippen LogP contribution < -0.4 is 5.32 Å². The van der Waals surface area contributed by atoms with Gasteiger partial charge in [0.25, 0.3) is 0 Å². The fourth-order valence-corrected chi connectivity index (χ4v) is 2.17. The summed E-state index contributed by atoms with van der Waals surface area (Å²) in [7, 11) is 0. The zero-order valence-electron chi connectivity index (χ0n) is 10.8. The van der Waals surface area contributed by atoms with Gasteiger partial charge in [0.2, 0.25) is 5.91 Å². The van der Waals surface area contributed by atoms with Crippen LogP contribution in [0.4, 0.5) is 4.39 Å². The molecule has 0 spiro atoms. The second kappa shape index (κ2) is 7.14. The van der Waals surface area contributed by atoms with E-state index in [0.717, 1.165) is 10.0 Å². The summed E-state index contributed by atoms with van der Waals surface area (Å²) in [6, 6.07) is 8.43. The van der Waals surface area contributed by atoms with Crippen LogP contribution in [-0.4, -0.2) is 10.9 Å². The van der Waals surface area contributed by atoms with E-state index in [0.29, 0.717) is 18.4 Å². The van der Waals surface area contributed by atoms with Crippen molar-refractivity contribution in [1.29, 1.82) is 0 Å². The quantitative estimate of drug-likeness (QED) is 0.910. The number of pyridine rings is 1. The zero-order chi connectivity index (χ0) is 14.4. The van der Waals surface area contributed by atoms with E-state index in [2.05, 4.69) is 26.2 Å². The van der Waals surface area contributed by atoms with Gasteiger partial charge >= 0.3 is 0 Å². The highest BCUT2D eigenvalue weighted by Gasteiger charge is 2.06. The van der Waals surface area contributed by atoms with Gasteiger partial charge in [0.15, 0.2) is 0 Å². The molecule has 0 unspecified atom stereocenters. The summed E-state index contributed by atoms with van der Waals surface area (Å²) in [6.45, 7) is 0.192. The van der Waals surface area contributed by atoms with Gasteiger partial charge in [-0.2, -0.15) is 0 Å². The summed E-state index contributed by atoms with van der Waals surface area (Å²) in [5, 5.41) is 2.72. The van der Waals surface area contributed by atoms with Crippen molar-refractivity contribution in [2.75, 3.05) is 0 Å². The van der Waals surface area contributed by atoms with E-state index < -0.39 is 0 Å². The van der Waals surface area contributed by atoms with Crippen molar-refractivity contribution in [2.45, 2.75) is 19.4 Å². The molecular weight excluding hydrogens is 323 g/mol. The molecule has 2 aromatic rings. The maximum Gasteiger partial charge on any atom is 0.220 e. The molecule has 0 fully saturated rings. The molecule has 0 bridgehead atoms. The molecule has 3 nitrogen and oxygen atoms in total. The highest BCUT2D eigenvalue weighted by Crippen LogP contribution is 2.15. The third-order valence-corrected chi connectivity index (χ3v) is 3.34. The van der Waals surface area contributed by atoms with Gasteiger partial charge in [-0.05, 0) is 36.2 Å². The largest absolute Gasteiger partial charge is 0.352 e. The molecule has 0 radical (unpaired) electrons. The average Bonchev–Trinajstić information content (AvgIpc) is 2.47. The molecule has 0 saturated carbocycles. The highest BCUT2D eigenvalue weighted by molar-refractivity contribution is 9.10. The fourth-order valence-electron chi connectivity index (χ4n) is 1.76. The number of benzene rings is 1. The Morgan fingerprint density at radius 1 is 1.35 bits per heavy atom. The number of halogens is 2. The second-order valence-corrected chi connectivity index (χ2v) is 5.29. The fraction of sp³-hybridized carbons (Fsp3) is 0.200. The van der Waals surface area contributed by atoms with Crippen LogP contribution in [0.15, 0.2) is 47.2 Å². The number of amides is 1. The number of nitrogens with one attached hydrogen (secondary N) is 1. The Morgan fingerprint density at radius 3 is 2.95 bits per heavy atom. The van der Waals surface area contributed by atoms with Gasteiger partial charge in [-0.25, -0.2) is 4.39 Å². The zero-order valence-corrected chi connectivity index (χ0v) is 12.4. The van der Waals surface area contributed by atoms with E-state index in [1.54, 1.807) is 24.5 Å². The molecule has 0 saturated heterocycles. The van der Waals surface area contributed by atoms with Gasteiger partial charge in [0, 0.05) is 35.4 Å². The minimum atomic E-state index is -0.319. The van der Waals surface area contributed by atoms with Gasteiger partial charge in [-0.1, -0.05) is 22.0 Å². The Bertz CT molecular complexity index is 590. The van der Waals surface area contributed by atoms with Crippen LogP contribution in [0.2, 0.25) is 0 Å². The van der Waals surface area contributed by atoms with E-state index in [-0.39, 0.29) is 18.3 Å². The van der Waals surface area contributed by atoms with Crippen LogP contribution in [0.3, 0.4) is 0 Å². The number of aryl methyl sites for hydroxylation is 1.